The van der Waals surface area contributed by atoms with Crippen LogP contribution in [-0.4, -0.2) is 34.1 Å². The van der Waals surface area contributed by atoms with Gasteiger partial charge in [-0.3, -0.25) is 9.36 Å². The van der Waals surface area contributed by atoms with Crippen LogP contribution in [0.25, 0.3) is 21.3 Å². The van der Waals surface area contributed by atoms with E-state index in [-0.39, 0.29) is 5.56 Å². The molecule has 2 heterocycles. The van der Waals surface area contributed by atoms with Crippen LogP contribution in [0.1, 0.15) is 45.5 Å². The second-order valence-corrected chi connectivity index (χ2v) is 8.00. The molecule has 0 atom stereocenters. The Bertz CT molecular complexity index is 968. The van der Waals surface area contributed by atoms with Crippen molar-refractivity contribution in [2.75, 3.05) is 19.6 Å². The minimum Gasteiger partial charge on any atom is -0.302 e. The summed E-state index contributed by atoms with van der Waals surface area (Å²) >= 11 is 1.58. The molecule has 0 spiro atoms. The molecule has 4 nitrogen and oxygen atoms in total. The lowest BCUT2D eigenvalue weighted by atomic mass is 10.0. The number of hydrogen-bond donors (Lipinski definition) is 0. The number of thiophene rings is 1. The molecule has 0 aliphatic heterocycles. The van der Waals surface area contributed by atoms with E-state index in [0.717, 1.165) is 66.1 Å². The summed E-state index contributed by atoms with van der Waals surface area (Å²) in [6, 6.07) is 8.55. The second kappa shape index (κ2) is 9.48. The zero-order chi connectivity index (χ0) is 20.1. The van der Waals surface area contributed by atoms with Crippen molar-refractivity contribution in [3.63, 3.8) is 0 Å². The van der Waals surface area contributed by atoms with Crippen LogP contribution in [0.15, 0.2) is 34.4 Å². The molecule has 0 aliphatic rings. The molecule has 0 bridgehead atoms. The Morgan fingerprint density at radius 2 is 1.79 bits per heavy atom. The molecule has 1 aromatic carbocycles. The molecule has 0 saturated heterocycles. The van der Waals surface area contributed by atoms with Crippen molar-refractivity contribution < 1.29 is 0 Å². The van der Waals surface area contributed by atoms with Crippen LogP contribution in [0.5, 0.6) is 0 Å². The molecule has 0 saturated carbocycles. The molecule has 2 aromatic heterocycles. The first-order chi connectivity index (χ1) is 13.6. The van der Waals surface area contributed by atoms with E-state index in [0.29, 0.717) is 6.54 Å². The summed E-state index contributed by atoms with van der Waals surface area (Å²) in [4.78, 5) is 21.6. The Labute approximate surface area is 171 Å². The Hall–Kier alpha value is -1.98. The zero-order valence-electron chi connectivity index (χ0n) is 17.5. The van der Waals surface area contributed by atoms with Gasteiger partial charge in [0, 0.05) is 30.5 Å². The second-order valence-electron chi connectivity index (χ2n) is 7.14. The fraction of sp³-hybridized carbons (Fsp3) is 0.478. The van der Waals surface area contributed by atoms with E-state index >= 15 is 0 Å². The van der Waals surface area contributed by atoms with Gasteiger partial charge in [-0.1, -0.05) is 52.0 Å². The first kappa shape index (κ1) is 20.7. The monoisotopic (exact) mass is 397 g/mol. The molecular weight excluding hydrogens is 366 g/mol. The quantitative estimate of drug-likeness (QED) is 0.511. The number of aryl methyl sites for hydroxylation is 2. The lowest BCUT2D eigenvalue weighted by molar-refractivity contribution is 0.287. The smallest absolute Gasteiger partial charge is 0.262 e. The number of nitrogens with zero attached hydrogens (tertiary/aromatic N) is 3. The summed E-state index contributed by atoms with van der Waals surface area (Å²) in [6.45, 7) is 12.2. The van der Waals surface area contributed by atoms with Crippen LogP contribution in [0.2, 0.25) is 0 Å². The first-order valence-electron chi connectivity index (χ1n) is 10.4. The standard InChI is InChI=1S/C23H31N3OS/c1-5-9-20-24-22-21(23(27)26(20)15-14-25(7-3)8-4)19(16-28-22)18-12-10-17(6-2)11-13-18/h10-13,16H,5-9,14-15H2,1-4H3. The van der Waals surface area contributed by atoms with Gasteiger partial charge in [0.15, 0.2) is 0 Å². The predicted octanol–water partition coefficient (Wildman–Crippen LogP) is 4.98. The summed E-state index contributed by atoms with van der Waals surface area (Å²) in [6.07, 6.45) is 2.84. The van der Waals surface area contributed by atoms with Crippen molar-refractivity contribution in [3.8, 4) is 11.1 Å². The van der Waals surface area contributed by atoms with Crippen LogP contribution < -0.4 is 5.56 Å². The minimum absolute atomic E-state index is 0.108. The highest BCUT2D eigenvalue weighted by atomic mass is 32.1. The molecule has 0 unspecified atom stereocenters. The lowest BCUT2D eigenvalue weighted by Gasteiger charge is -2.20. The third-order valence-corrected chi connectivity index (χ3v) is 6.33. The number of likely N-dealkylation sites (N-methyl/N-ethyl adjacent to an activating group) is 1. The van der Waals surface area contributed by atoms with Gasteiger partial charge in [-0.2, -0.15) is 0 Å². The van der Waals surface area contributed by atoms with E-state index in [9.17, 15) is 4.79 Å². The van der Waals surface area contributed by atoms with Crippen LogP contribution >= 0.6 is 11.3 Å². The maximum atomic E-state index is 13.5. The van der Waals surface area contributed by atoms with E-state index < -0.39 is 0 Å². The highest BCUT2D eigenvalue weighted by Gasteiger charge is 2.17. The molecule has 5 heteroatoms. The summed E-state index contributed by atoms with van der Waals surface area (Å²) in [5.41, 5.74) is 3.53. The van der Waals surface area contributed by atoms with E-state index in [1.165, 1.54) is 5.56 Å². The van der Waals surface area contributed by atoms with Gasteiger partial charge in [0.2, 0.25) is 0 Å². The predicted molar refractivity (Wildman–Crippen MR) is 120 cm³/mol. The molecule has 0 aliphatic carbocycles. The van der Waals surface area contributed by atoms with Crippen molar-refractivity contribution in [2.45, 2.75) is 53.5 Å². The molecule has 0 fully saturated rings. The largest absolute Gasteiger partial charge is 0.302 e. The maximum absolute atomic E-state index is 13.5. The highest BCUT2D eigenvalue weighted by molar-refractivity contribution is 7.17. The van der Waals surface area contributed by atoms with Gasteiger partial charge in [0.05, 0.1) is 5.39 Å². The Kier molecular flexibility index (Phi) is 7.03. The number of fused-ring (bicyclic) bond motifs is 1. The zero-order valence-corrected chi connectivity index (χ0v) is 18.3. The molecule has 3 rings (SSSR count). The van der Waals surface area contributed by atoms with Crippen molar-refractivity contribution in [3.05, 3.63) is 51.4 Å². The number of hydrogen-bond acceptors (Lipinski definition) is 4. The van der Waals surface area contributed by atoms with Crippen molar-refractivity contribution in [1.29, 1.82) is 0 Å². The fourth-order valence-electron chi connectivity index (χ4n) is 3.63. The summed E-state index contributed by atoms with van der Waals surface area (Å²) < 4.78 is 1.92. The SMILES string of the molecule is CCCc1nc2scc(-c3ccc(CC)cc3)c2c(=O)n1CCN(CC)CC. The van der Waals surface area contributed by atoms with Crippen LogP contribution in [0, 0.1) is 0 Å². The third kappa shape index (κ3) is 4.20. The highest BCUT2D eigenvalue weighted by Crippen LogP contribution is 2.31. The lowest BCUT2D eigenvalue weighted by Crippen LogP contribution is -2.33. The average molecular weight is 398 g/mol. The molecule has 3 aromatic rings. The van der Waals surface area contributed by atoms with Crippen LogP contribution in [0.3, 0.4) is 0 Å². The van der Waals surface area contributed by atoms with Gasteiger partial charge in [0.1, 0.15) is 10.7 Å². The summed E-state index contributed by atoms with van der Waals surface area (Å²) in [5, 5.41) is 2.86. The van der Waals surface area contributed by atoms with Crippen molar-refractivity contribution in [1.82, 2.24) is 14.5 Å². The molecular formula is C23H31N3OS. The Balaban J connectivity index is 2.08. The molecule has 0 radical (unpaired) electrons. The molecule has 150 valence electrons. The number of aromatic nitrogens is 2. The van der Waals surface area contributed by atoms with E-state index in [2.05, 4.69) is 62.2 Å². The molecule has 0 amide bonds. The molecule has 0 N–H and O–H groups in total. The Morgan fingerprint density at radius 1 is 1.07 bits per heavy atom. The normalized spacial score (nSPS) is 11.6. The number of benzene rings is 1. The van der Waals surface area contributed by atoms with Gasteiger partial charge >= 0.3 is 0 Å². The van der Waals surface area contributed by atoms with Crippen LogP contribution in [-0.2, 0) is 19.4 Å². The van der Waals surface area contributed by atoms with E-state index in [1.807, 2.05) is 4.57 Å². The van der Waals surface area contributed by atoms with Gasteiger partial charge in [0.25, 0.3) is 5.56 Å². The summed E-state index contributed by atoms with van der Waals surface area (Å²) in [7, 11) is 0. The van der Waals surface area contributed by atoms with Gasteiger partial charge in [-0.15, -0.1) is 11.3 Å². The van der Waals surface area contributed by atoms with Crippen molar-refractivity contribution in [2.24, 2.45) is 0 Å². The maximum Gasteiger partial charge on any atom is 0.262 e. The van der Waals surface area contributed by atoms with Gasteiger partial charge in [-0.05, 0) is 37.1 Å². The van der Waals surface area contributed by atoms with E-state index in [4.69, 9.17) is 4.98 Å². The van der Waals surface area contributed by atoms with Gasteiger partial charge in [-0.25, -0.2) is 4.98 Å². The summed E-state index contributed by atoms with van der Waals surface area (Å²) in [5.74, 6) is 0.918. The van der Waals surface area contributed by atoms with Crippen molar-refractivity contribution >= 4 is 21.6 Å². The first-order valence-corrected chi connectivity index (χ1v) is 11.3. The number of rotatable bonds is 9. The van der Waals surface area contributed by atoms with E-state index in [1.54, 1.807) is 11.3 Å². The minimum atomic E-state index is 0.108. The topological polar surface area (TPSA) is 38.1 Å². The molecule has 28 heavy (non-hydrogen) atoms. The fourth-order valence-corrected chi connectivity index (χ4v) is 4.58. The van der Waals surface area contributed by atoms with Gasteiger partial charge < -0.3 is 4.90 Å². The average Bonchev–Trinajstić information content (AvgIpc) is 3.15. The van der Waals surface area contributed by atoms with Crippen LogP contribution in [0.4, 0.5) is 0 Å². The third-order valence-electron chi connectivity index (χ3n) is 5.45. The Morgan fingerprint density at radius 3 is 2.39 bits per heavy atom.